The molecule has 0 bridgehead atoms. The number of aromatic amines is 1. The minimum atomic E-state index is -0.520. The van der Waals surface area contributed by atoms with Gasteiger partial charge in [-0.3, -0.25) is 0 Å². The molecule has 1 aliphatic rings. The number of aromatic nitrogens is 4. The summed E-state index contributed by atoms with van der Waals surface area (Å²) in [7, 11) is 0. The number of benzene rings is 1. The molecule has 34 heavy (non-hydrogen) atoms. The third-order valence-corrected chi connectivity index (χ3v) is 7.03. The number of hydrogen-bond acceptors (Lipinski definition) is 8. The molecule has 0 amide bonds. The maximum atomic E-state index is 10.5. The van der Waals surface area contributed by atoms with Crippen LogP contribution < -0.4 is 16.0 Å². The fourth-order valence-electron chi connectivity index (χ4n) is 4.49. The van der Waals surface area contributed by atoms with Crippen LogP contribution in [0.15, 0.2) is 42.2 Å². The van der Waals surface area contributed by atoms with Crippen LogP contribution in [-0.2, 0) is 0 Å². The van der Waals surface area contributed by atoms with Crippen molar-refractivity contribution in [1.82, 2.24) is 19.9 Å². The monoisotopic (exact) mass is 477 g/mol. The first-order valence-electron chi connectivity index (χ1n) is 11.9. The van der Waals surface area contributed by atoms with E-state index in [0.717, 1.165) is 70.8 Å². The van der Waals surface area contributed by atoms with E-state index in [1.165, 1.54) is 0 Å². The summed E-state index contributed by atoms with van der Waals surface area (Å²) in [4.78, 5) is 16.8. The Bertz CT molecular complexity index is 1260. The molecule has 1 aromatic carbocycles. The molecule has 0 unspecified atom stereocenters. The normalized spacial score (nSPS) is 15.2. The Kier molecular flexibility index (Phi) is 6.38. The van der Waals surface area contributed by atoms with Gasteiger partial charge in [-0.1, -0.05) is 12.8 Å². The summed E-state index contributed by atoms with van der Waals surface area (Å²) in [6.45, 7) is 4.91. The van der Waals surface area contributed by atoms with Gasteiger partial charge >= 0.3 is 0 Å². The van der Waals surface area contributed by atoms with Crippen molar-refractivity contribution in [2.24, 2.45) is 0 Å². The lowest BCUT2D eigenvalue weighted by molar-refractivity contribution is 0.0424. The fourth-order valence-corrected chi connectivity index (χ4v) is 5.21. The van der Waals surface area contributed by atoms with Crippen LogP contribution >= 0.6 is 11.3 Å². The first-order valence-corrected chi connectivity index (χ1v) is 12.7. The van der Waals surface area contributed by atoms with E-state index in [2.05, 4.69) is 55.8 Å². The Labute approximate surface area is 203 Å². The van der Waals surface area contributed by atoms with Crippen molar-refractivity contribution in [3.05, 3.63) is 42.2 Å². The lowest BCUT2D eigenvalue weighted by atomic mass is 9.98. The highest BCUT2D eigenvalue weighted by Crippen LogP contribution is 2.33. The summed E-state index contributed by atoms with van der Waals surface area (Å²) >= 11 is 1.62. The van der Waals surface area contributed by atoms with Crippen LogP contribution in [0.2, 0.25) is 0 Å². The summed E-state index contributed by atoms with van der Waals surface area (Å²) in [6, 6.07) is 8.40. The van der Waals surface area contributed by atoms with Crippen molar-refractivity contribution in [1.29, 1.82) is 0 Å². The molecule has 0 radical (unpaired) electrons. The highest BCUT2D eigenvalue weighted by Gasteiger charge is 2.30. The van der Waals surface area contributed by atoms with E-state index in [9.17, 15) is 5.11 Å². The molecule has 1 saturated carbocycles. The van der Waals surface area contributed by atoms with Crippen molar-refractivity contribution < 1.29 is 5.11 Å². The maximum absolute atomic E-state index is 10.5. The minimum absolute atomic E-state index is 0.259. The average molecular weight is 478 g/mol. The van der Waals surface area contributed by atoms with E-state index in [1.54, 1.807) is 11.3 Å². The third-order valence-electron chi connectivity index (χ3n) is 6.23. The topological polar surface area (TPSA) is 111 Å². The first-order chi connectivity index (χ1) is 16.5. The molecule has 9 heteroatoms. The molecule has 8 nitrogen and oxygen atoms in total. The molecule has 3 aromatic heterocycles. The molecule has 3 heterocycles. The Morgan fingerprint density at radius 1 is 1.12 bits per heavy atom. The van der Waals surface area contributed by atoms with Crippen molar-refractivity contribution in [2.45, 2.75) is 57.6 Å². The van der Waals surface area contributed by atoms with E-state index in [0.29, 0.717) is 12.5 Å². The predicted octanol–water partition coefficient (Wildman–Crippen LogP) is 5.75. The molecule has 5 N–H and O–H groups in total. The molecule has 5 rings (SSSR count). The number of nitrogens with one attached hydrogen (secondary N) is 4. The molecule has 0 aliphatic heterocycles. The number of nitrogens with zero attached hydrogens (tertiary/aromatic N) is 3. The van der Waals surface area contributed by atoms with E-state index >= 15 is 0 Å². The van der Waals surface area contributed by atoms with Gasteiger partial charge in [0.1, 0.15) is 5.82 Å². The van der Waals surface area contributed by atoms with Gasteiger partial charge in [0.25, 0.3) is 0 Å². The molecule has 4 aromatic rings. The number of anilines is 4. The standard InChI is InChI=1S/C25H31N7OS/c1-16(2)30-20-12-23(31-17-5-6-19-22(11-17)34-15-29-19)27-13-18(20)21-14-28-24(32-21)26-10-9-25(33)7-3-4-8-25/h5-6,11-16,33H,3-4,7-10H2,1-2H3,(H2,26,28,32)(H2,27,30,31). The Hall–Kier alpha value is -3.17. The molecule has 178 valence electrons. The van der Waals surface area contributed by atoms with Gasteiger partial charge in [-0.2, -0.15) is 0 Å². The van der Waals surface area contributed by atoms with Crippen LogP contribution in [0, 0.1) is 0 Å². The van der Waals surface area contributed by atoms with Gasteiger partial charge < -0.3 is 26.0 Å². The number of aliphatic hydroxyl groups is 1. The van der Waals surface area contributed by atoms with Crippen LogP contribution in [0.5, 0.6) is 0 Å². The third kappa shape index (κ3) is 5.15. The summed E-state index contributed by atoms with van der Waals surface area (Å²) in [6.07, 6.45) is 8.43. The zero-order valence-corrected chi connectivity index (χ0v) is 20.4. The molecular formula is C25H31N7OS. The Balaban J connectivity index is 1.31. The molecule has 1 fully saturated rings. The van der Waals surface area contributed by atoms with Gasteiger partial charge in [-0.25, -0.2) is 15.0 Å². The van der Waals surface area contributed by atoms with Gasteiger partial charge in [0, 0.05) is 41.8 Å². The quantitative estimate of drug-likeness (QED) is 0.209. The maximum Gasteiger partial charge on any atom is 0.200 e. The summed E-state index contributed by atoms with van der Waals surface area (Å²) in [5, 5.41) is 20.8. The second-order valence-corrected chi connectivity index (χ2v) is 10.2. The van der Waals surface area contributed by atoms with Crippen molar-refractivity contribution in [3.63, 3.8) is 0 Å². The highest BCUT2D eigenvalue weighted by molar-refractivity contribution is 7.16. The summed E-state index contributed by atoms with van der Waals surface area (Å²) in [5.41, 5.74) is 6.13. The number of fused-ring (bicyclic) bond motifs is 1. The number of thiazole rings is 1. The number of pyridine rings is 1. The molecule has 0 spiro atoms. The van der Waals surface area contributed by atoms with Crippen molar-refractivity contribution >= 4 is 44.7 Å². The van der Waals surface area contributed by atoms with E-state index in [1.807, 2.05) is 36.1 Å². The SMILES string of the molecule is CC(C)Nc1cc(Nc2ccc3ncsc3c2)ncc1-c1cnc(NCCC2(O)CCCC2)[nH]1. The van der Waals surface area contributed by atoms with E-state index in [4.69, 9.17) is 0 Å². The van der Waals surface area contributed by atoms with Gasteiger partial charge in [0.15, 0.2) is 0 Å². The Morgan fingerprint density at radius 3 is 2.79 bits per heavy atom. The molecule has 0 atom stereocenters. The average Bonchev–Trinajstić information content (AvgIpc) is 3.55. The number of rotatable bonds is 9. The number of hydrogen-bond donors (Lipinski definition) is 5. The first kappa shape index (κ1) is 22.6. The largest absolute Gasteiger partial charge is 0.390 e. The second kappa shape index (κ2) is 9.60. The van der Waals surface area contributed by atoms with Crippen LogP contribution in [0.25, 0.3) is 21.5 Å². The smallest absolute Gasteiger partial charge is 0.200 e. The molecule has 0 saturated heterocycles. The predicted molar refractivity (Wildman–Crippen MR) is 140 cm³/mol. The van der Waals surface area contributed by atoms with Crippen molar-refractivity contribution in [3.8, 4) is 11.3 Å². The zero-order chi connectivity index (χ0) is 23.5. The van der Waals surface area contributed by atoms with Gasteiger partial charge in [0.05, 0.1) is 33.2 Å². The van der Waals surface area contributed by atoms with Crippen molar-refractivity contribution in [2.75, 3.05) is 22.5 Å². The van der Waals surface area contributed by atoms with Gasteiger partial charge in [-0.05, 0) is 51.3 Å². The summed E-state index contributed by atoms with van der Waals surface area (Å²) < 4.78 is 1.14. The molecular weight excluding hydrogens is 446 g/mol. The van der Waals surface area contributed by atoms with E-state index < -0.39 is 5.60 Å². The van der Waals surface area contributed by atoms with Crippen LogP contribution in [0.1, 0.15) is 46.0 Å². The van der Waals surface area contributed by atoms with E-state index in [-0.39, 0.29) is 6.04 Å². The lowest BCUT2D eigenvalue weighted by Gasteiger charge is -2.21. The van der Waals surface area contributed by atoms with Gasteiger partial charge in [0.2, 0.25) is 5.95 Å². The lowest BCUT2D eigenvalue weighted by Crippen LogP contribution is -2.27. The highest BCUT2D eigenvalue weighted by atomic mass is 32.1. The molecule has 1 aliphatic carbocycles. The Morgan fingerprint density at radius 2 is 1.97 bits per heavy atom. The van der Waals surface area contributed by atoms with Gasteiger partial charge in [-0.15, -0.1) is 11.3 Å². The van der Waals surface area contributed by atoms with Crippen LogP contribution in [0.3, 0.4) is 0 Å². The summed E-state index contributed by atoms with van der Waals surface area (Å²) in [5.74, 6) is 1.46. The zero-order valence-electron chi connectivity index (χ0n) is 19.6. The fraction of sp³-hybridized carbons (Fsp3) is 0.400. The van der Waals surface area contributed by atoms with Crippen LogP contribution in [-0.4, -0.2) is 43.2 Å². The second-order valence-electron chi connectivity index (χ2n) is 9.33. The number of H-pyrrole nitrogens is 1. The van der Waals surface area contributed by atoms with Crippen LogP contribution in [0.4, 0.5) is 23.1 Å². The minimum Gasteiger partial charge on any atom is -0.390 e. The number of imidazole rings is 1.